The van der Waals surface area contributed by atoms with Gasteiger partial charge in [0, 0.05) is 45.8 Å². The first kappa shape index (κ1) is 16.2. The lowest BCUT2D eigenvalue weighted by Gasteiger charge is -2.30. The molecule has 21 heavy (non-hydrogen) atoms. The molecule has 2 unspecified atom stereocenters. The molecule has 6 nitrogen and oxygen atoms in total. The van der Waals surface area contributed by atoms with Crippen LogP contribution in [0.1, 0.15) is 26.2 Å². The van der Waals surface area contributed by atoms with Crippen LogP contribution in [-0.2, 0) is 14.3 Å². The number of carbonyl (C=O) groups excluding carboxylic acids is 2. The molecule has 0 saturated carbocycles. The highest BCUT2D eigenvalue weighted by Crippen LogP contribution is 2.22. The van der Waals surface area contributed by atoms with E-state index in [0.29, 0.717) is 32.2 Å². The van der Waals surface area contributed by atoms with E-state index in [-0.39, 0.29) is 17.7 Å². The second kappa shape index (κ2) is 7.75. The van der Waals surface area contributed by atoms with Gasteiger partial charge in [0.15, 0.2) is 0 Å². The molecule has 1 N–H and O–H groups in total. The monoisotopic (exact) mass is 297 g/mol. The first-order chi connectivity index (χ1) is 10.2. The maximum absolute atomic E-state index is 12.8. The van der Waals surface area contributed by atoms with Crippen LogP contribution < -0.4 is 5.32 Å². The van der Waals surface area contributed by atoms with Crippen LogP contribution in [0, 0.1) is 5.92 Å². The molecule has 2 atom stereocenters. The number of hydrogen-bond acceptors (Lipinski definition) is 4. The fourth-order valence-electron chi connectivity index (χ4n) is 3.21. The fourth-order valence-corrected chi connectivity index (χ4v) is 3.21. The molecule has 0 bridgehead atoms. The predicted molar refractivity (Wildman–Crippen MR) is 79.8 cm³/mol. The van der Waals surface area contributed by atoms with Gasteiger partial charge in [0.25, 0.3) is 0 Å². The highest BCUT2D eigenvalue weighted by molar-refractivity contribution is 5.89. The lowest BCUT2D eigenvalue weighted by Crippen LogP contribution is -2.45. The molecule has 0 radical (unpaired) electrons. The number of nitrogens with one attached hydrogen (secondary N) is 1. The summed E-state index contributed by atoms with van der Waals surface area (Å²) in [7, 11) is 1.62. The van der Waals surface area contributed by atoms with Gasteiger partial charge < -0.3 is 19.9 Å². The Labute approximate surface area is 126 Å². The van der Waals surface area contributed by atoms with Crippen LogP contribution >= 0.6 is 0 Å². The number of hydrogen-bond donors (Lipinski definition) is 1. The first-order valence-electron chi connectivity index (χ1n) is 7.95. The van der Waals surface area contributed by atoms with Gasteiger partial charge in [-0.25, -0.2) is 0 Å². The molecule has 0 aromatic carbocycles. The van der Waals surface area contributed by atoms with Crippen molar-refractivity contribution >= 4 is 11.8 Å². The van der Waals surface area contributed by atoms with Crippen molar-refractivity contribution in [3.8, 4) is 0 Å². The highest BCUT2D eigenvalue weighted by atomic mass is 16.5. The zero-order valence-corrected chi connectivity index (χ0v) is 13.1. The highest BCUT2D eigenvalue weighted by Gasteiger charge is 2.38. The zero-order chi connectivity index (χ0) is 15.2. The summed E-state index contributed by atoms with van der Waals surface area (Å²) >= 11 is 0. The van der Waals surface area contributed by atoms with Gasteiger partial charge in [0.2, 0.25) is 11.8 Å². The Morgan fingerprint density at radius 1 is 1.52 bits per heavy atom. The largest absolute Gasteiger partial charge is 0.383 e. The minimum atomic E-state index is -0.179. The van der Waals surface area contributed by atoms with E-state index < -0.39 is 0 Å². The number of rotatable bonds is 7. The van der Waals surface area contributed by atoms with E-state index in [1.807, 2.05) is 4.90 Å². The summed E-state index contributed by atoms with van der Waals surface area (Å²) in [5, 5.41) is 3.31. The summed E-state index contributed by atoms with van der Waals surface area (Å²) in [5.41, 5.74) is 0. The molecule has 0 aromatic rings. The Kier molecular flexibility index (Phi) is 5.99. The Morgan fingerprint density at radius 2 is 2.33 bits per heavy atom. The van der Waals surface area contributed by atoms with Gasteiger partial charge in [-0.3, -0.25) is 9.59 Å². The maximum Gasteiger partial charge on any atom is 0.228 e. The second-order valence-corrected chi connectivity index (χ2v) is 5.91. The van der Waals surface area contributed by atoms with Crippen LogP contribution in [0.4, 0.5) is 0 Å². The molecule has 2 amide bonds. The number of nitrogens with zero attached hydrogens (tertiary/aromatic N) is 2. The van der Waals surface area contributed by atoms with Crippen molar-refractivity contribution in [3.63, 3.8) is 0 Å². The zero-order valence-electron chi connectivity index (χ0n) is 13.1. The van der Waals surface area contributed by atoms with Crippen LogP contribution in [0.25, 0.3) is 0 Å². The van der Waals surface area contributed by atoms with Gasteiger partial charge in [0.1, 0.15) is 0 Å². The van der Waals surface area contributed by atoms with E-state index in [1.165, 1.54) is 0 Å². The summed E-state index contributed by atoms with van der Waals surface area (Å²) in [6.07, 6.45) is 2.32. The van der Waals surface area contributed by atoms with Crippen LogP contribution in [-0.4, -0.2) is 74.1 Å². The van der Waals surface area contributed by atoms with E-state index in [4.69, 9.17) is 4.74 Å². The number of ether oxygens (including phenoxy) is 1. The molecule has 2 heterocycles. The van der Waals surface area contributed by atoms with Crippen molar-refractivity contribution in [2.24, 2.45) is 5.92 Å². The van der Waals surface area contributed by atoms with Crippen molar-refractivity contribution in [2.45, 2.75) is 32.2 Å². The van der Waals surface area contributed by atoms with E-state index in [9.17, 15) is 9.59 Å². The third-order valence-corrected chi connectivity index (χ3v) is 4.35. The van der Waals surface area contributed by atoms with E-state index >= 15 is 0 Å². The van der Waals surface area contributed by atoms with Crippen LogP contribution in [0.3, 0.4) is 0 Å². The fraction of sp³-hybridized carbons (Fsp3) is 0.867. The summed E-state index contributed by atoms with van der Waals surface area (Å²) in [4.78, 5) is 28.5. The average Bonchev–Trinajstić information content (AvgIpc) is 3.11. The van der Waals surface area contributed by atoms with Gasteiger partial charge in [-0.15, -0.1) is 0 Å². The molecule has 2 saturated heterocycles. The molecule has 2 fully saturated rings. The molecule has 0 aliphatic carbocycles. The second-order valence-electron chi connectivity index (χ2n) is 5.91. The quantitative estimate of drug-likeness (QED) is 0.723. The molecule has 0 aromatic heterocycles. The topological polar surface area (TPSA) is 61.9 Å². The van der Waals surface area contributed by atoms with Crippen molar-refractivity contribution < 1.29 is 14.3 Å². The summed E-state index contributed by atoms with van der Waals surface area (Å²) in [6, 6.07) is 0.292. The minimum Gasteiger partial charge on any atom is -0.383 e. The van der Waals surface area contributed by atoms with Crippen molar-refractivity contribution in [1.82, 2.24) is 15.1 Å². The Bertz CT molecular complexity index is 369. The van der Waals surface area contributed by atoms with Crippen molar-refractivity contribution in [1.29, 1.82) is 0 Å². The lowest BCUT2D eigenvalue weighted by molar-refractivity contribution is -0.137. The van der Waals surface area contributed by atoms with E-state index in [1.54, 1.807) is 12.0 Å². The summed E-state index contributed by atoms with van der Waals surface area (Å²) in [6.45, 7) is 6.37. The van der Waals surface area contributed by atoms with Gasteiger partial charge >= 0.3 is 0 Å². The molecule has 2 aliphatic rings. The first-order valence-corrected chi connectivity index (χ1v) is 7.95. The van der Waals surface area contributed by atoms with Gasteiger partial charge in [0.05, 0.1) is 12.5 Å². The molecule has 0 spiro atoms. The Morgan fingerprint density at radius 3 is 2.95 bits per heavy atom. The van der Waals surface area contributed by atoms with E-state index in [2.05, 4.69) is 12.2 Å². The molecule has 120 valence electrons. The average molecular weight is 297 g/mol. The summed E-state index contributed by atoms with van der Waals surface area (Å²) < 4.78 is 5.02. The van der Waals surface area contributed by atoms with Crippen LogP contribution in [0.15, 0.2) is 0 Å². The van der Waals surface area contributed by atoms with Crippen LogP contribution in [0.2, 0.25) is 0 Å². The minimum absolute atomic E-state index is 0.0754. The van der Waals surface area contributed by atoms with Gasteiger partial charge in [-0.2, -0.15) is 0 Å². The molecule has 6 heteroatoms. The van der Waals surface area contributed by atoms with Gasteiger partial charge in [-0.05, 0) is 19.4 Å². The Hall–Kier alpha value is -1.14. The van der Waals surface area contributed by atoms with Crippen molar-refractivity contribution in [2.75, 3.05) is 46.4 Å². The smallest absolute Gasteiger partial charge is 0.228 e. The number of likely N-dealkylation sites (tertiary alicyclic amines) is 1. The number of carbonyl (C=O) groups is 2. The van der Waals surface area contributed by atoms with Crippen molar-refractivity contribution in [3.05, 3.63) is 0 Å². The number of methoxy groups -OCH3 is 1. The summed E-state index contributed by atoms with van der Waals surface area (Å²) in [5.74, 6) is 0.0479. The predicted octanol–water partition coefficient (Wildman–Crippen LogP) is 0.0818. The van der Waals surface area contributed by atoms with Gasteiger partial charge in [-0.1, -0.05) is 6.92 Å². The normalized spacial score (nSPS) is 25.6. The molecular weight excluding hydrogens is 270 g/mol. The molecule has 2 aliphatic heterocycles. The lowest BCUT2D eigenvalue weighted by atomic mass is 10.0. The number of amides is 2. The molecule has 2 rings (SSSR count). The SMILES string of the molecule is CCCN(C(=O)C1CC(=O)N(CCOC)C1)C1CCNC1. The van der Waals surface area contributed by atoms with E-state index in [0.717, 1.165) is 32.5 Å². The molecular formula is C15H27N3O3. The third kappa shape index (κ3) is 3.95. The standard InChI is InChI=1S/C15H27N3O3/c1-3-6-18(13-4-5-16-10-13)15(20)12-9-14(19)17(11-12)7-8-21-2/h12-13,16H,3-11H2,1-2H3. The Balaban J connectivity index is 1.95. The third-order valence-electron chi connectivity index (χ3n) is 4.35. The van der Waals surface area contributed by atoms with Crippen LogP contribution in [0.5, 0.6) is 0 Å². The maximum atomic E-state index is 12.8.